The Balaban J connectivity index is 1.52. The molecule has 2 aromatic rings. The fraction of sp³-hybridized carbons (Fsp3) is 0.478. The Morgan fingerprint density at radius 3 is 2.82 bits per heavy atom. The van der Waals surface area contributed by atoms with Crippen molar-refractivity contribution in [2.24, 2.45) is 0 Å². The number of fused-ring (bicyclic) bond motifs is 2. The molecule has 11 nitrogen and oxygen atoms in total. The van der Waals surface area contributed by atoms with Crippen LogP contribution in [0, 0.1) is 6.92 Å². The number of aromatic amines is 1. The van der Waals surface area contributed by atoms with E-state index in [9.17, 15) is 14.7 Å². The number of benzene rings is 1. The number of nitrogens with one attached hydrogen (secondary N) is 2. The number of carbonyl (C=O) groups is 2. The Morgan fingerprint density at radius 2 is 2.06 bits per heavy atom. The van der Waals surface area contributed by atoms with Gasteiger partial charge in [-0.15, -0.1) is 5.10 Å². The Bertz CT molecular complexity index is 1130. The maximum absolute atomic E-state index is 14.2. The van der Waals surface area contributed by atoms with Crippen molar-refractivity contribution in [1.82, 2.24) is 35.6 Å². The van der Waals surface area contributed by atoms with Crippen molar-refractivity contribution in [3.63, 3.8) is 0 Å². The summed E-state index contributed by atoms with van der Waals surface area (Å²) in [6.07, 6.45) is 1.60. The maximum atomic E-state index is 14.2. The van der Waals surface area contributed by atoms with E-state index < -0.39 is 17.7 Å². The summed E-state index contributed by atoms with van der Waals surface area (Å²) in [7, 11) is 1.56. The zero-order chi connectivity index (χ0) is 23.9. The van der Waals surface area contributed by atoms with Gasteiger partial charge in [0.1, 0.15) is 17.3 Å². The number of methoxy groups -OCH3 is 1. The second kappa shape index (κ2) is 8.73. The molecule has 1 aromatic heterocycles. The van der Waals surface area contributed by atoms with Gasteiger partial charge in [-0.2, -0.15) is 0 Å². The minimum atomic E-state index is -1.02. The molecule has 3 aliphatic rings. The molecule has 3 aliphatic heterocycles. The van der Waals surface area contributed by atoms with E-state index in [0.29, 0.717) is 39.0 Å². The molecule has 0 aliphatic carbocycles. The lowest BCUT2D eigenvalue weighted by Crippen LogP contribution is -2.60. The summed E-state index contributed by atoms with van der Waals surface area (Å²) in [5, 5.41) is 22.4. The predicted octanol–water partition coefficient (Wildman–Crippen LogP) is 0.692. The molecule has 0 saturated carbocycles. The topological polar surface area (TPSA) is 127 Å². The van der Waals surface area contributed by atoms with Gasteiger partial charge in [0.25, 0.3) is 0 Å². The van der Waals surface area contributed by atoms with Gasteiger partial charge in [0, 0.05) is 33.0 Å². The normalized spacial score (nSPS) is 24.4. The van der Waals surface area contributed by atoms with Crippen LogP contribution in [0.4, 0.5) is 4.79 Å². The van der Waals surface area contributed by atoms with E-state index in [4.69, 9.17) is 4.74 Å². The number of hydrogen-bond donors (Lipinski definition) is 3. The third-order valence-electron chi connectivity index (χ3n) is 6.98. The van der Waals surface area contributed by atoms with Crippen LogP contribution < -0.4 is 5.43 Å². The van der Waals surface area contributed by atoms with E-state index in [0.717, 1.165) is 28.2 Å². The standard InChI is InChI=1S/C23H29N7O4/c1-15-5-3-4-6-16(15)11-23(21(31)28-8-7-17-18(13-28)25-27-24-17)12-19-20(34-2)14-29(22(32)33)9-10-30(19)26-23/h3-6,12,20,26H,7-11,13-14H2,1-2H3,(H,32,33)(H,24,25,27). The summed E-state index contributed by atoms with van der Waals surface area (Å²) in [5.74, 6) is -0.0464. The van der Waals surface area contributed by atoms with E-state index >= 15 is 0 Å². The first-order valence-corrected chi connectivity index (χ1v) is 11.4. The molecule has 1 fully saturated rings. The first kappa shape index (κ1) is 22.4. The highest BCUT2D eigenvalue weighted by Crippen LogP contribution is 2.33. The van der Waals surface area contributed by atoms with Gasteiger partial charge in [0.2, 0.25) is 5.91 Å². The molecule has 0 bridgehead atoms. The van der Waals surface area contributed by atoms with Crippen molar-refractivity contribution in [1.29, 1.82) is 0 Å². The number of rotatable bonds is 4. The SMILES string of the molecule is COC1CN(C(=O)O)CCN2NC(Cc3ccccc3C)(C(=O)N3CCc4[nH]nnc4C3)C=C12. The Labute approximate surface area is 197 Å². The molecule has 2 unspecified atom stereocenters. The van der Waals surface area contributed by atoms with Crippen LogP contribution >= 0.6 is 0 Å². The number of nitrogens with zero attached hydrogens (tertiary/aromatic N) is 5. The van der Waals surface area contributed by atoms with Crippen molar-refractivity contribution in [2.45, 2.75) is 38.0 Å². The number of aromatic nitrogens is 3. The molecule has 1 aromatic carbocycles. The quantitative estimate of drug-likeness (QED) is 0.600. The number of ether oxygens (including phenoxy) is 1. The van der Waals surface area contributed by atoms with E-state index in [1.165, 1.54) is 4.90 Å². The zero-order valence-corrected chi connectivity index (χ0v) is 19.3. The van der Waals surface area contributed by atoms with E-state index in [1.54, 1.807) is 7.11 Å². The monoisotopic (exact) mass is 467 g/mol. The third-order valence-corrected chi connectivity index (χ3v) is 6.98. The molecule has 0 spiro atoms. The molecule has 4 heterocycles. The molecular formula is C23H29N7O4. The minimum Gasteiger partial charge on any atom is -0.465 e. The summed E-state index contributed by atoms with van der Waals surface area (Å²) in [6.45, 7) is 3.92. The van der Waals surface area contributed by atoms with Crippen LogP contribution in [0.1, 0.15) is 22.5 Å². The lowest BCUT2D eigenvalue weighted by Gasteiger charge is -2.37. The average Bonchev–Trinajstić information content (AvgIpc) is 3.41. The molecule has 2 amide bonds. The van der Waals surface area contributed by atoms with Crippen molar-refractivity contribution >= 4 is 12.0 Å². The average molecular weight is 468 g/mol. The summed E-state index contributed by atoms with van der Waals surface area (Å²) in [6, 6.07) is 8.05. The number of amides is 2. The van der Waals surface area contributed by atoms with Crippen LogP contribution in [0.2, 0.25) is 0 Å². The van der Waals surface area contributed by atoms with Gasteiger partial charge in [-0.3, -0.25) is 9.89 Å². The van der Waals surface area contributed by atoms with Gasteiger partial charge in [-0.25, -0.2) is 10.2 Å². The van der Waals surface area contributed by atoms with E-state index in [-0.39, 0.29) is 12.5 Å². The van der Waals surface area contributed by atoms with Crippen molar-refractivity contribution in [2.75, 3.05) is 33.3 Å². The maximum Gasteiger partial charge on any atom is 0.407 e. The largest absolute Gasteiger partial charge is 0.465 e. The Morgan fingerprint density at radius 1 is 1.24 bits per heavy atom. The van der Waals surface area contributed by atoms with Crippen LogP contribution in [0.3, 0.4) is 0 Å². The van der Waals surface area contributed by atoms with Gasteiger partial charge in [0.15, 0.2) is 0 Å². The van der Waals surface area contributed by atoms with Crippen LogP contribution in [-0.2, 0) is 28.9 Å². The third kappa shape index (κ3) is 3.90. The molecule has 5 rings (SSSR count). The van der Waals surface area contributed by atoms with Crippen molar-refractivity contribution in [3.8, 4) is 0 Å². The number of hydrogen-bond acceptors (Lipinski definition) is 7. The Hall–Kier alpha value is -3.44. The van der Waals surface area contributed by atoms with Gasteiger partial charge < -0.3 is 24.7 Å². The number of aryl methyl sites for hydroxylation is 1. The van der Waals surface area contributed by atoms with Gasteiger partial charge in [-0.1, -0.05) is 29.5 Å². The molecule has 2 atom stereocenters. The first-order chi connectivity index (χ1) is 16.4. The smallest absolute Gasteiger partial charge is 0.407 e. The summed E-state index contributed by atoms with van der Waals surface area (Å²) >= 11 is 0. The lowest BCUT2D eigenvalue weighted by atomic mass is 9.87. The second-order valence-electron chi connectivity index (χ2n) is 9.07. The summed E-state index contributed by atoms with van der Waals surface area (Å²) < 4.78 is 5.69. The Kier molecular flexibility index (Phi) is 5.74. The molecule has 11 heteroatoms. The summed E-state index contributed by atoms with van der Waals surface area (Å²) in [5.41, 5.74) is 7.16. The number of hydrazine groups is 1. The van der Waals surface area contributed by atoms with Crippen molar-refractivity contribution < 1.29 is 19.4 Å². The highest BCUT2D eigenvalue weighted by atomic mass is 16.5. The number of H-pyrrole nitrogens is 1. The molecule has 34 heavy (non-hydrogen) atoms. The number of carboxylic acid groups (broad SMARTS) is 1. The fourth-order valence-electron chi connectivity index (χ4n) is 5.04. The van der Waals surface area contributed by atoms with Crippen molar-refractivity contribution in [3.05, 3.63) is 58.6 Å². The van der Waals surface area contributed by atoms with Gasteiger partial charge >= 0.3 is 6.09 Å². The number of carbonyl (C=O) groups excluding carboxylic acids is 1. The zero-order valence-electron chi connectivity index (χ0n) is 19.3. The van der Waals surface area contributed by atoms with Crippen LogP contribution in [0.5, 0.6) is 0 Å². The molecule has 0 radical (unpaired) electrons. The lowest BCUT2D eigenvalue weighted by molar-refractivity contribution is -0.138. The highest BCUT2D eigenvalue weighted by Gasteiger charge is 2.49. The van der Waals surface area contributed by atoms with Crippen LogP contribution in [0.15, 0.2) is 36.0 Å². The molecule has 180 valence electrons. The molecule has 1 saturated heterocycles. The van der Waals surface area contributed by atoms with Crippen LogP contribution in [-0.4, -0.2) is 92.3 Å². The summed E-state index contributed by atoms with van der Waals surface area (Å²) in [4.78, 5) is 28.9. The van der Waals surface area contributed by atoms with E-state index in [1.807, 2.05) is 47.2 Å². The van der Waals surface area contributed by atoms with Gasteiger partial charge in [-0.05, 0) is 24.1 Å². The van der Waals surface area contributed by atoms with Gasteiger partial charge in [0.05, 0.1) is 31.0 Å². The first-order valence-electron chi connectivity index (χ1n) is 11.4. The fourth-order valence-corrected chi connectivity index (χ4v) is 5.04. The highest BCUT2D eigenvalue weighted by molar-refractivity contribution is 5.90. The minimum absolute atomic E-state index is 0.0464. The molecule has 3 N–H and O–H groups in total. The molecular weight excluding hydrogens is 438 g/mol. The predicted molar refractivity (Wildman–Crippen MR) is 121 cm³/mol. The second-order valence-corrected chi connectivity index (χ2v) is 9.07. The van der Waals surface area contributed by atoms with Crippen LogP contribution in [0.25, 0.3) is 0 Å². The van der Waals surface area contributed by atoms with E-state index in [2.05, 4.69) is 20.8 Å².